The van der Waals surface area contributed by atoms with Crippen LogP contribution in [0.15, 0.2) is 36.4 Å². The van der Waals surface area contributed by atoms with Crippen molar-refractivity contribution in [2.45, 2.75) is 31.5 Å². The van der Waals surface area contributed by atoms with Crippen molar-refractivity contribution in [1.82, 2.24) is 10.2 Å². The number of benzene rings is 2. The Hall–Kier alpha value is -3.30. The Morgan fingerprint density at radius 2 is 1.88 bits per heavy atom. The van der Waals surface area contributed by atoms with Gasteiger partial charge in [0.2, 0.25) is 23.6 Å². The topological polar surface area (TPSA) is 122 Å². The van der Waals surface area contributed by atoms with Crippen LogP contribution in [-0.4, -0.2) is 34.6 Å². The fraction of sp³-hybridized carbons (Fsp3) is 0.304. The van der Waals surface area contributed by atoms with Crippen LogP contribution in [0.3, 0.4) is 0 Å². The lowest BCUT2D eigenvalue weighted by Crippen LogP contribution is -2.53. The maximum absolute atomic E-state index is 13.6. The quantitative estimate of drug-likeness (QED) is 0.586. The fourth-order valence-corrected chi connectivity index (χ4v) is 5.69. The average molecular weight is 471 g/mol. The number of likely N-dealkylation sites (tertiary alicyclic amines) is 1. The molecule has 2 saturated heterocycles. The fourth-order valence-electron chi connectivity index (χ4n) is 5.37. The van der Waals surface area contributed by atoms with Gasteiger partial charge in [-0.05, 0) is 36.2 Å². The summed E-state index contributed by atoms with van der Waals surface area (Å²) in [4.78, 5) is 53.3. The Kier molecular flexibility index (Phi) is 4.80. The smallest absolute Gasteiger partial charge is 0.250 e. The van der Waals surface area contributed by atoms with Gasteiger partial charge in [-0.2, -0.15) is 0 Å². The summed E-state index contributed by atoms with van der Waals surface area (Å²) in [7, 11) is 0. The highest BCUT2D eigenvalue weighted by atomic mass is 35.5. The zero-order chi connectivity index (χ0) is 23.7. The number of carbonyl (C=O) groups is 4. The number of amides is 4. The minimum atomic E-state index is -1.57. The number of nitrogens with two attached hydrogens (primary N) is 1. The van der Waals surface area contributed by atoms with Crippen molar-refractivity contribution in [1.29, 1.82) is 0 Å². The van der Waals surface area contributed by atoms with Gasteiger partial charge in [-0.3, -0.25) is 29.4 Å². The van der Waals surface area contributed by atoms with Crippen molar-refractivity contribution in [2.75, 3.05) is 5.32 Å². The molecule has 0 aliphatic carbocycles. The lowest BCUT2D eigenvalue weighted by atomic mass is 9.76. The van der Waals surface area contributed by atoms with Gasteiger partial charge < -0.3 is 11.1 Å². The number of carbonyl (C=O) groups excluding carboxylic acids is 4. The zero-order valence-electron chi connectivity index (χ0n) is 17.5. The Bertz CT molecular complexity index is 1230. The minimum Gasteiger partial charge on any atom is -0.370 e. The van der Waals surface area contributed by atoms with Crippen molar-refractivity contribution in [3.05, 3.63) is 63.9 Å². The molecule has 4 N–H and O–H groups in total. The number of aryl methyl sites for hydroxylation is 1. The van der Waals surface area contributed by atoms with Gasteiger partial charge >= 0.3 is 0 Å². The Morgan fingerprint density at radius 1 is 1.18 bits per heavy atom. The van der Waals surface area contributed by atoms with E-state index in [1.165, 1.54) is 24.3 Å². The third-order valence-corrected chi connectivity index (χ3v) is 6.98. The SMILES string of the molecule is Cc1cc(Cl)c2c(c1)[C@@]1(N[C@H](CC(N)=O)[C@H]3C(=O)N(Cc4ccc(F)cc4)C(=O)[C@H]31)C(=O)N2. The van der Waals surface area contributed by atoms with Gasteiger partial charge in [0.25, 0.3) is 0 Å². The van der Waals surface area contributed by atoms with Crippen LogP contribution in [0.4, 0.5) is 10.1 Å². The van der Waals surface area contributed by atoms with Gasteiger partial charge in [-0.1, -0.05) is 29.8 Å². The molecule has 0 unspecified atom stereocenters. The molecule has 33 heavy (non-hydrogen) atoms. The van der Waals surface area contributed by atoms with E-state index >= 15 is 0 Å². The Balaban J connectivity index is 1.62. The monoisotopic (exact) mass is 470 g/mol. The number of hydrogen-bond donors (Lipinski definition) is 3. The predicted molar refractivity (Wildman–Crippen MR) is 116 cm³/mol. The van der Waals surface area contributed by atoms with E-state index in [0.717, 1.165) is 10.5 Å². The van der Waals surface area contributed by atoms with Gasteiger partial charge in [0, 0.05) is 18.0 Å². The second kappa shape index (κ2) is 7.36. The van der Waals surface area contributed by atoms with Crippen LogP contribution in [0.5, 0.6) is 0 Å². The average Bonchev–Trinajstić information content (AvgIpc) is 3.31. The number of nitrogens with one attached hydrogen (secondary N) is 2. The second-order valence-corrected chi connectivity index (χ2v) is 9.15. The highest BCUT2D eigenvalue weighted by Crippen LogP contribution is 2.54. The van der Waals surface area contributed by atoms with Crippen LogP contribution in [-0.2, 0) is 31.3 Å². The summed E-state index contributed by atoms with van der Waals surface area (Å²) < 4.78 is 13.3. The summed E-state index contributed by atoms with van der Waals surface area (Å²) in [5.41, 5.74) is 6.02. The molecule has 0 bridgehead atoms. The second-order valence-electron chi connectivity index (χ2n) is 8.75. The Labute approximate surface area is 193 Å². The van der Waals surface area contributed by atoms with Crippen LogP contribution in [0.1, 0.15) is 23.1 Å². The molecule has 2 fully saturated rings. The lowest BCUT2D eigenvalue weighted by molar-refractivity contribution is -0.143. The minimum absolute atomic E-state index is 0.0760. The molecule has 4 amide bonds. The number of nitrogens with zero attached hydrogens (tertiary/aromatic N) is 1. The molecule has 0 aromatic heterocycles. The highest BCUT2D eigenvalue weighted by Gasteiger charge is 2.70. The van der Waals surface area contributed by atoms with Gasteiger partial charge in [-0.25, -0.2) is 4.39 Å². The summed E-state index contributed by atoms with van der Waals surface area (Å²) >= 11 is 6.37. The third-order valence-electron chi connectivity index (χ3n) is 6.69. The molecule has 10 heteroatoms. The molecule has 3 heterocycles. The van der Waals surface area contributed by atoms with Crippen molar-refractivity contribution >= 4 is 40.9 Å². The standard InChI is InChI=1S/C23H20ClFN4O4/c1-10-6-13-19(14(24)7-10)27-22(33)23(13)18-17(15(28-23)8-16(26)30)20(31)29(21(18)32)9-11-2-4-12(25)5-3-11/h2-7,15,17-18,28H,8-9H2,1H3,(H2,26,30)(H,27,33)/t15-,17-,18+,23+/m1/s1. The van der Waals surface area contributed by atoms with Gasteiger partial charge in [0.05, 0.1) is 29.1 Å². The molecule has 0 radical (unpaired) electrons. The van der Waals surface area contributed by atoms with Crippen molar-refractivity contribution in [3.63, 3.8) is 0 Å². The molecule has 8 nitrogen and oxygen atoms in total. The first-order valence-corrected chi connectivity index (χ1v) is 10.8. The summed E-state index contributed by atoms with van der Waals surface area (Å²) in [5, 5.41) is 6.18. The number of fused-ring (bicyclic) bond motifs is 4. The van der Waals surface area contributed by atoms with E-state index in [1.54, 1.807) is 19.1 Å². The number of hydrogen-bond acceptors (Lipinski definition) is 5. The van der Waals surface area contributed by atoms with Crippen molar-refractivity contribution in [2.24, 2.45) is 17.6 Å². The van der Waals surface area contributed by atoms with E-state index in [-0.39, 0.29) is 13.0 Å². The highest BCUT2D eigenvalue weighted by molar-refractivity contribution is 6.35. The van der Waals surface area contributed by atoms with Gasteiger partial charge in [0.1, 0.15) is 11.4 Å². The van der Waals surface area contributed by atoms with Crippen LogP contribution in [0.2, 0.25) is 5.02 Å². The van der Waals surface area contributed by atoms with Crippen molar-refractivity contribution < 1.29 is 23.6 Å². The number of primary amides is 1. The molecular formula is C23H20ClFN4O4. The molecule has 3 aliphatic rings. The number of halogens is 2. The first-order valence-electron chi connectivity index (χ1n) is 10.4. The molecule has 1 spiro atoms. The third kappa shape index (κ3) is 3.07. The van der Waals surface area contributed by atoms with E-state index in [2.05, 4.69) is 10.6 Å². The van der Waals surface area contributed by atoms with E-state index in [4.69, 9.17) is 17.3 Å². The van der Waals surface area contributed by atoms with Crippen LogP contribution < -0.4 is 16.4 Å². The molecule has 4 atom stereocenters. The van der Waals surface area contributed by atoms with Crippen LogP contribution in [0, 0.1) is 24.6 Å². The molecule has 2 aromatic carbocycles. The summed E-state index contributed by atoms with van der Waals surface area (Å²) in [6.45, 7) is 1.73. The zero-order valence-corrected chi connectivity index (χ0v) is 18.3. The van der Waals surface area contributed by atoms with E-state index in [1.807, 2.05) is 0 Å². The van der Waals surface area contributed by atoms with Crippen LogP contribution >= 0.6 is 11.6 Å². The first-order chi connectivity index (χ1) is 15.6. The molecule has 3 aliphatic heterocycles. The predicted octanol–water partition coefficient (Wildman–Crippen LogP) is 1.58. The largest absolute Gasteiger partial charge is 0.370 e. The van der Waals surface area contributed by atoms with Crippen LogP contribution in [0.25, 0.3) is 0 Å². The van der Waals surface area contributed by atoms with E-state index < -0.39 is 52.9 Å². The number of rotatable bonds is 4. The molecule has 0 saturated carbocycles. The summed E-state index contributed by atoms with van der Waals surface area (Å²) in [6, 6.07) is 8.07. The summed E-state index contributed by atoms with van der Waals surface area (Å²) in [5.74, 6) is -4.74. The molecule has 5 rings (SSSR count). The summed E-state index contributed by atoms with van der Waals surface area (Å²) in [6.07, 6.45) is -0.228. The lowest BCUT2D eigenvalue weighted by Gasteiger charge is -2.29. The molecule has 170 valence electrons. The Morgan fingerprint density at radius 3 is 2.55 bits per heavy atom. The molecule has 2 aromatic rings. The van der Waals surface area contributed by atoms with E-state index in [0.29, 0.717) is 21.8 Å². The molecular weight excluding hydrogens is 451 g/mol. The normalized spacial score (nSPS) is 27.8. The maximum atomic E-state index is 13.6. The maximum Gasteiger partial charge on any atom is 0.250 e. The van der Waals surface area contributed by atoms with Gasteiger partial charge in [-0.15, -0.1) is 0 Å². The first kappa shape index (κ1) is 21.5. The number of imide groups is 1. The number of anilines is 1. The van der Waals surface area contributed by atoms with Crippen molar-refractivity contribution in [3.8, 4) is 0 Å². The van der Waals surface area contributed by atoms with E-state index in [9.17, 15) is 23.6 Å². The van der Waals surface area contributed by atoms with Gasteiger partial charge in [0.15, 0.2) is 0 Å².